The van der Waals surface area contributed by atoms with Crippen LogP contribution < -0.4 is 14.8 Å². The molecule has 2 aromatic carbocycles. The fourth-order valence-electron chi connectivity index (χ4n) is 5.47. The van der Waals surface area contributed by atoms with Crippen LogP contribution in [0.4, 0.5) is 4.39 Å². The SMILES string of the molecule is C/C(=C\c1ccc(O[C@H]2C[C@H](O)[C@@H](/C(C)=C/COc3ccc(Cl)c(F)c3)O2)c(O)c1)C(=O)N[C@@H]1[C@H](O)[C@@H](O)[C@H]2OCO[C@H]2[C@@H]1O. The maximum atomic E-state index is 13.6. The lowest BCUT2D eigenvalue weighted by molar-refractivity contribution is -0.155. The van der Waals surface area contributed by atoms with Crippen molar-refractivity contribution in [1.82, 2.24) is 5.32 Å². The smallest absolute Gasteiger partial charge is 0.247 e. The molecule has 1 aliphatic carbocycles. The lowest BCUT2D eigenvalue weighted by Crippen LogP contribution is -2.67. The Balaban J connectivity index is 1.15. The van der Waals surface area contributed by atoms with Crippen LogP contribution in [-0.4, -0.2) is 99.9 Å². The Morgan fingerprint density at radius 2 is 1.80 bits per heavy atom. The molecule has 6 N–H and O–H groups in total. The number of nitrogens with one attached hydrogen (secondary N) is 1. The van der Waals surface area contributed by atoms with Crippen molar-refractivity contribution < 1.29 is 58.4 Å². The summed E-state index contributed by atoms with van der Waals surface area (Å²) in [4.78, 5) is 12.9. The van der Waals surface area contributed by atoms with Gasteiger partial charge in [0, 0.05) is 18.1 Å². The largest absolute Gasteiger partial charge is 0.504 e. The summed E-state index contributed by atoms with van der Waals surface area (Å²) in [6.45, 7) is 3.22. The van der Waals surface area contributed by atoms with Crippen LogP contribution in [0, 0.1) is 5.82 Å². The molecule has 0 bridgehead atoms. The highest BCUT2D eigenvalue weighted by Crippen LogP contribution is 2.34. The highest BCUT2D eigenvalue weighted by Gasteiger charge is 2.53. The lowest BCUT2D eigenvalue weighted by atomic mass is 9.83. The second-order valence-electron chi connectivity index (χ2n) is 11.1. The summed E-state index contributed by atoms with van der Waals surface area (Å²) in [5.74, 6) is -1.05. The van der Waals surface area contributed by atoms with Crippen LogP contribution in [0.25, 0.3) is 6.08 Å². The molecular formula is C31H35ClFNO11. The zero-order valence-electron chi connectivity index (χ0n) is 24.4. The number of halogens is 2. The molecule has 2 aliphatic heterocycles. The number of aliphatic hydroxyl groups excluding tert-OH is 4. The molecule has 12 nitrogen and oxygen atoms in total. The highest BCUT2D eigenvalue weighted by molar-refractivity contribution is 6.30. The molecular weight excluding hydrogens is 617 g/mol. The number of ether oxygens (including phenoxy) is 5. The van der Waals surface area contributed by atoms with Crippen LogP contribution in [0.15, 0.2) is 53.6 Å². The van der Waals surface area contributed by atoms with Gasteiger partial charge in [0.15, 0.2) is 11.5 Å². The van der Waals surface area contributed by atoms with Crippen molar-refractivity contribution in [2.24, 2.45) is 0 Å². The number of fused-ring (bicyclic) bond motifs is 1. The van der Waals surface area contributed by atoms with E-state index in [1.807, 2.05) is 0 Å². The Morgan fingerprint density at radius 1 is 1.07 bits per heavy atom. The van der Waals surface area contributed by atoms with E-state index in [1.165, 1.54) is 37.3 Å². The molecule has 2 heterocycles. The van der Waals surface area contributed by atoms with Crippen LogP contribution in [0.5, 0.6) is 17.2 Å². The van der Waals surface area contributed by atoms with Crippen molar-refractivity contribution in [2.75, 3.05) is 13.4 Å². The van der Waals surface area contributed by atoms with Gasteiger partial charge in [0.1, 0.15) is 61.6 Å². The first-order valence-electron chi connectivity index (χ1n) is 14.3. The van der Waals surface area contributed by atoms with Gasteiger partial charge in [-0.05, 0) is 61.4 Å². The maximum absolute atomic E-state index is 13.6. The number of rotatable bonds is 9. The second kappa shape index (κ2) is 14.0. The highest BCUT2D eigenvalue weighted by atomic mass is 35.5. The fraction of sp³-hybridized carbons (Fsp3) is 0.452. The predicted octanol–water partition coefficient (Wildman–Crippen LogP) is 1.79. The summed E-state index contributed by atoms with van der Waals surface area (Å²) in [5.41, 5.74) is 1.32. The minimum Gasteiger partial charge on any atom is -0.504 e. The first-order chi connectivity index (χ1) is 21.4. The van der Waals surface area contributed by atoms with Crippen molar-refractivity contribution in [3.63, 3.8) is 0 Å². The van der Waals surface area contributed by atoms with Gasteiger partial charge in [-0.15, -0.1) is 0 Å². The van der Waals surface area contributed by atoms with Crippen molar-refractivity contribution in [3.05, 3.63) is 70.0 Å². The molecule has 1 amide bonds. The molecule has 9 atom stereocenters. The molecule has 3 fully saturated rings. The molecule has 14 heteroatoms. The van der Waals surface area contributed by atoms with Crippen molar-refractivity contribution in [1.29, 1.82) is 0 Å². The number of carbonyl (C=O) groups excluding carboxylic acids is 1. The van der Waals surface area contributed by atoms with Gasteiger partial charge in [0.2, 0.25) is 12.2 Å². The molecule has 0 spiro atoms. The summed E-state index contributed by atoms with van der Waals surface area (Å²) in [6.07, 6.45) is -5.07. The third-order valence-electron chi connectivity index (χ3n) is 7.96. The van der Waals surface area contributed by atoms with Crippen LogP contribution in [0.1, 0.15) is 25.8 Å². The van der Waals surface area contributed by atoms with E-state index in [-0.39, 0.29) is 41.9 Å². The van der Waals surface area contributed by atoms with Gasteiger partial charge in [-0.3, -0.25) is 4.79 Å². The summed E-state index contributed by atoms with van der Waals surface area (Å²) in [5, 5.41) is 55.0. The number of hydrogen-bond acceptors (Lipinski definition) is 11. The van der Waals surface area contributed by atoms with E-state index in [0.717, 1.165) is 0 Å². The summed E-state index contributed by atoms with van der Waals surface area (Å²) in [7, 11) is 0. The number of carbonyl (C=O) groups is 1. The molecule has 45 heavy (non-hydrogen) atoms. The topological polar surface area (TPSA) is 176 Å². The molecule has 2 aromatic rings. The van der Waals surface area contributed by atoms with E-state index >= 15 is 0 Å². The Morgan fingerprint density at radius 3 is 2.51 bits per heavy atom. The summed E-state index contributed by atoms with van der Waals surface area (Å²) < 4.78 is 41.3. The van der Waals surface area contributed by atoms with E-state index < -0.39 is 66.8 Å². The molecule has 0 aromatic heterocycles. The van der Waals surface area contributed by atoms with Crippen LogP contribution in [-0.2, 0) is 19.0 Å². The zero-order valence-corrected chi connectivity index (χ0v) is 25.1. The number of aliphatic hydroxyl groups is 4. The first-order valence-corrected chi connectivity index (χ1v) is 14.6. The number of hydrogen-bond donors (Lipinski definition) is 6. The Labute approximate surface area is 263 Å². The van der Waals surface area contributed by atoms with Gasteiger partial charge >= 0.3 is 0 Å². The molecule has 3 aliphatic rings. The van der Waals surface area contributed by atoms with Gasteiger partial charge in [-0.2, -0.15) is 0 Å². The standard InChI is InChI=1S/C31H35ClFNO11/c1-14(7-8-41-17-4-5-18(32)19(33)11-17)28-21(36)12-23(45-28)44-22-6-3-16(10-20(22)35)9-15(2)31(40)34-24-25(37)27(39)30-29(26(24)38)42-13-43-30/h3-7,9-11,21,23-30,35-39H,8,12-13H2,1-2H3,(H,34,40)/b14-7+,15-9+/t21-,23+,24+,25-,26+,27+,28+,29-,30+/m0/s1. The van der Waals surface area contributed by atoms with Crippen LogP contribution in [0.3, 0.4) is 0 Å². The predicted molar refractivity (Wildman–Crippen MR) is 157 cm³/mol. The molecule has 1 saturated carbocycles. The maximum Gasteiger partial charge on any atom is 0.247 e. The van der Waals surface area contributed by atoms with Crippen molar-refractivity contribution in [3.8, 4) is 17.2 Å². The van der Waals surface area contributed by atoms with Gasteiger partial charge in [0.05, 0.1) is 17.2 Å². The third-order valence-corrected chi connectivity index (χ3v) is 8.27. The normalized spacial score (nSPS) is 31.9. The van der Waals surface area contributed by atoms with Gasteiger partial charge in [0.25, 0.3) is 0 Å². The van der Waals surface area contributed by atoms with Crippen molar-refractivity contribution >= 4 is 23.6 Å². The minimum atomic E-state index is -1.48. The Bertz CT molecular complexity index is 1450. The molecule has 2 saturated heterocycles. The molecule has 0 radical (unpaired) electrons. The third kappa shape index (κ3) is 7.42. The second-order valence-corrected chi connectivity index (χ2v) is 11.6. The fourth-order valence-corrected chi connectivity index (χ4v) is 5.59. The lowest BCUT2D eigenvalue weighted by Gasteiger charge is -2.41. The molecule has 0 unspecified atom stereocenters. The monoisotopic (exact) mass is 651 g/mol. The zero-order chi connectivity index (χ0) is 32.4. The minimum absolute atomic E-state index is 0.00767. The van der Waals surface area contributed by atoms with Crippen molar-refractivity contribution in [2.45, 2.75) is 75.3 Å². The van der Waals surface area contributed by atoms with Crippen LogP contribution >= 0.6 is 11.6 Å². The molecule has 5 rings (SSSR count). The quantitative estimate of drug-likeness (QED) is 0.172. The summed E-state index contributed by atoms with van der Waals surface area (Å²) >= 11 is 5.68. The first kappa shape index (κ1) is 33.1. The Kier molecular flexibility index (Phi) is 10.3. The number of amides is 1. The summed E-state index contributed by atoms with van der Waals surface area (Å²) in [6, 6.07) is 7.36. The average molecular weight is 652 g/mol. The number of aromatic hydroxyl groups is 1. The number of phenolic OH excluding ortho intramolecular Hbond substituents is 1. The number of phenols is 1. The Hall–Kier alpha value is -3.27. The van der Waals surface area contributed by atoms with Gasteiger partial charge in [-0.1, -0.05) is 17.7 Å². The average Bonchev–Trinajstić information content (AvgIpc) is 3.64. The van der Waals surface area contributed by atoms with Gasteiger partial charge in [-0.25, -0.2) is 4.39 Å². The van der Waals surface area contributed by atoms with Crippen LogP contribution in [0.2, 0.25) is 5.02 Å². The van der Waals surface area contributed by atoms with E-state index in [1.54, 1.807) is 25.1 Å². The van der Waals surface area contributed by atoms with E-state index in [9.17, 15) is 34.7 Å². The van der Waals surface area contributed by atoms with E-state index in [0.29, 0.717) is 16.9 Å². The van der Waals surface area contributed by atoms with Gasteiger partial charge < -0.3 is 54.5 Å². The van der Waals surface area contributed by atoms with E-state index in [2.05, 4.69) is 5.32 Å². The number of benzene rings is 2. The molecule has 244 valence electrons. The van der Waals surface area contributed by atoms with E-state index in [4.69, 9.17) is 35.3 Å².